The minimum atomic E-state index is -1.10. The summed E-state index contributed by atoms with van der Waals surface area (Å²) in [4.78, 5) is 25.8. The van der Waals surface area contributed by atoms with Crippen LogP contribution < -0.4 is 0 Å². The Balaban J connectivity index is 2.53. The smallest absolute Gasteiger partial charge is 0.319 e. The number of carbonyl (C=O) groups is 2. The molecular formula is C12H21NO4S. The lowest BCUT2D eigenvalue weighted by Gasteiger charge is -2.28. The first-order valence-electron chi connectivity index (χ1n) is 6.15. The minimum absolute atomic E-state index is 0.145. The van der Waals surface area contributed by atoms with E-state index in [1.54, 1.807) is 20.8 Å². The molecule has 0 bridgehead atoms. The summed E-state index contributed by atoms with van der Waals surface area (Å²) in [6.07, 6.45) is 0. The minimum Gasteiger partial charge on any atom is -0.465 e. The summed E-state index contributed by atoms with van der Waals surface area (Å²) in [7, 11) is -0.753. The van der Waals surface area contributed by atoms with Crippen LogP contribution in [-0.2, 0) is 25.1 Å². The Kier molecular flexibility index (Phi) is 5.47. The molecule has 0 unspecified atom stereocenters. The highest BCUT2D eigenvalue weighted by atomic mass is 32.2. The van der Waals surface area contributed by atoms with Gasteiger partial charge in [0.1, 0.15) is 5.41 Å². The molecule has 0 saturated carbocycles. The average molecular weight is 275 g/mol. The molecule has 1 aliphatic heterocycles. The molecule has 0 spiro atoms. The van der Waals surface area contributed by atoms with Crippen molar-refractivity contribution in [3.8, 4) is 0 Å². The summed E-state index contributed by atoms with van der Waals surface area (Å²) < 4.78 is 16.1. The van der Waals surface area contributed by atoms with Gasteiger partial charge in [0, 0.05) is 35.4 Å². The highest BCUT2D eigenvalue weighted by Gasteiger charge is 2.38. The van der Waals surface area contributed by atoms with Crippen molar-refractivity contribution < 1.29 is 18.5 Å². The molecule has 0 aromatic heterocycles. The van der Waals surface area contributed by atoms with E-state index in [0.717, 1.165) is 0 Å². The van der Waals surface area contributed by atoms with Gasteiger partial charge < -0.3 is 4.74 Å². The van der Waals surface area contributed by atoms with Gasteiger partial charge in [-0.3, -0.25) is 18.7 Å². The predicted octanol–water partition coefficient (Wildman–Crippen LogP) is 0.209. The second-order valence-corrected chi connectivity index (χ2v) is 6.59. The van der Waals surface area contributed by atoms with E-state index < -0.39 is 22.2 Å². The van der Waals surface area contributed by atoms with Crippen molar-refractivity contribution in [1.29, 1.82) is 0 Å². The van der Waals surface area contributed by atoms with E-state index in [9.17, 15) is 13.8 Å². The topological polar surface area (TPSA) is 63.7 Å². The van der Waals surface area contributed by atoms with Crippen LogP contribution in [0.1, 0.15) is 20.8 Å². The van der Waals surface area contributed by atoms with Crippen molar-refractivity contribution in [2.75, 3.05) is 37.7 Å². The van der Waals surface area contributed by atoms with Crippen molar-refractivity contribution in [2.45, 2.75) is 20.8 Å². The van der Waals surface area contributed by atoms with Gasteiger partial charge in [-0.25, -0.2) is 0 Å². The maximum atomic E-state index is 12.1. The molecule has 0 amide bonds. The monoisotopic (exact) mass is 275 g/mol. The number of ether oxygens (including phenoxy) is 1. The molecule has 0 aromatic carbocycles. The molecule has 5 nitrogen and oxygen atoms in total. The molecule has 1 heterocycles. The molecule has 6 heteroatoms. The number of carbonyl (C=O) groups excluding carboxylic acids is 2. The maximum absolute atomic E-state index is 12.1. The van der Waals surface area contributed by atoms with Crippen molar-refractivity contribution in [3.63, 3.8) is 0 Å². The highest BCUT2D eigenvalue weighted by Crippen LogP contribution is 2.20. The molecular weight excluding hydrogens is 254 g/mol. The fourth-order valence-electron chi connectivity index (χ4n) is 1.66. The number of hydrogen-bond donors (Lipinski definition) is 0. The molecule has 18 heavy (non-hydrogen) atoms. The van der Waals surface area contributed by atoms with Crippen molar-refractivity contribution >= 4 is 22.6 Å². The van der Waals surface area contributed by atoms with E-state index in [2.05, 4.69) is 0 Å². The van der Waals surface area contributed by atoms with E-state index in [4.69, 9.17) is 4.74 Å². The van der Waals surface area contributed by atoms with E-state index >= 15 is 0 Å². The largest absolute Gasteiger partial charge is 0.465 e. The number of esters is 1. The zero-order valence-corrected chi connectivity index (χ0v) is 12.0. The Morgan fingerprint density at radius 1 is 1.28 bits per heavy atom. The molecule has 1 saturated heterocycles. The molecule has 1 rings (SSSR count). The third-order valence-corrected chi connectivity index (χ3v) is 4.40. The van der Waals surface area contributed by atoms with Crippen molar-refractivity contribution in [2.24, 2.45) is 5.41 Å². The first-order chi connectivity index (χ1) is 8.37. The van der Waals surface area contributed by atoms with Crippen LogP contribution in [0, 0.1) is 5.41 Å². The Bertz CT molecular complexity index is 344. The fourth-order valence-corrected chi connectivity index (χ4v) is 2.79. The molecule has 0 aromatic rings. The van der Waals surface area contributed by atoms with Gasteiger partial charge in [-0.15, -0.1) is 0 Å². The van der Waals surface area contributed by atoms with E-state index in [1.807, 2.05) is 4.90 Å². The van der Waals surface area contributed by atoms with Gasteiger partial charge in [0.2, 0.25) is 0 Å². The van der Waals surface area contributed by atoms with Gasteiger partial charge in [0.25, 0.3) is 0 Å². The Hall–Kier alpha value is -0.750. The van der Waals surface area contributed by atoms with Crippen molar-refractivity contribution in [3.05, 3.63) is 0 Å². The molecule has 0 aliphatic carbocycles. The first-order valence-corrected chi connectivity index (χ1v) is 7.64. The Morgan fingerprint density at radius 3 is 2.33 bits per heavy atom. The van der Waals surface area contributed by atoms with Gasteiger partial charge in [-0.2, -0.15) is 0 Å². The van der Waals surface area contributed by atoms with Crippen molar-refractivity contribution in [1.82, 2.24) is 4.90 Å². The number of ketones is 1. The van der Waals surface area contributed by atoms with Crippen LogP contribution in [0.25, 0.3) is 0 Å². The zero-order valence-electron chi connectivity index (χ0n) is 11.2. The highest BCUT2D eigenvalue weighted by molar-refractivity contribution is 7.85. The van der Waals surface area contributed by atoms with Crippen LogP contribution in [-0.4, -0.2) is 58.6 Å². The Labute approximate surface area is 110 Å². The van der Waals surface area contributed by atoms with Crippen LogP contribution in [0.15, 0.2) is 0 Å². The molecule has 0 N–H and O–H groups in total. The third-order valence-electron chi connectivity index (χ3n) is 3.12. The summed E-state index contributed by atoms with van der Waals surface area (Å²) in [5.41, 5.74) is -1.10. The molecule has 1 fully saturated rings. The lowest BCUT2D eigenvalue weighted by atomic mass is 9.88. The predicted molar refractivity (Wildman–Crippen MR) is 69.7 cm³/mol. The summed E-state index contributed by atoms with van der Waals surface area (Å²) >= 11 is 0. The second-order valence-electron chi connectivity index (χ2n) is 4.89. The maximum Gasteiger partial charge on any atom is 0.319 e. The van der Waals surface area contributed by atoms with E-state index in [1.165, 1.54) is 0 Å². The van der Waals surface area contributed by atoms with E-state index in [-0.39, 0.29) is 18.9 Å². The van der Waals surface area contributed by atoms with E-state index in [0.29, 0.717) is 24.6 Å². The standard InChI is InChI=1S/C12H21NO4S/c1-4-17-11(15)12(2,3)10(14)9-13-5-7-18(16)8-6-13/h4-9H2,1-3H3. The quantitative estimate of drug-likeness (QED) is 0.530. The van der Waals surface area contributed by atoms with Gasteiger partial charge in [-0.05, 0) is 20.8 Å². The van der Waals surface area contributed by atoms with Crippen LogP contribution in [0.5, 0.6) is 0 Å². The molecule has 104 valence electrons. The first kappa shape index (κ1) is 15.3. The normalized spacial score (nSPS) is 18.6. The van der Waals surface area contributed by atoms with Crippen LogP contribution >= 0.6 is 0 Å². The Morgan fingerprint density at radius 2 is 1.83 bits per heavy atom. The van der Waals surface area contributed by atoms with Crippen LogP contribution in [0.2, 0.25) is 0 Å². The van der Waals surface area contributed by atoms with Gasteiger partial charge in [0.15, 0.2) is 5.78 Å². The lowest BCUT2D eigenvalue weighted by Crippen LogP contribution is -2.46. The third kappa shape index (κ3) is 3.88. The average Bonchev–Trinajstić information content (AvgIpc) is 2.32. The fraction of sp³-hybridized carbons (Fsp3) is 0.833. The van der Waals surface area contributed by atoms with Crippen LogP contribution in [0.3, 0.4) is 0 Å². The number of hydrogen-bond acceptors (Lipinski definition) is 5. The summed E-state index contributed by atoms with van der Waals surface area (Å²) in [6.45, 7) is 6.71. The van der Waals surface area contributed by atoms with Gasteiger partial charge in [0.05, 0.1) is 13.2 Å². The number of Topliss-reactive ketones (excluding diaryl/α,β-unsaturated/α-hetero) is 1. The van der Waals surface area contributed by atoms with Gasteiger partial charge in [-0.1, -0.05) is 0 Å². The summed E-state index contributed by atoms with van der Waals surface area (Å²) in [5.74, 6) is 0.587. The summed E-state index contributed by atoms with van der Waals surface area (Å²) in [5, 5.41) is 0. The molecule has 0 atom stereocenters. The summed E-state index contributed by atoms with van der Waals surface area (Å²) in [6, 6.07) is 0. The zero-order chi connectivity index (χ0) is 13.8. The molecule has 0 radical (unpaired) electrons. The van der Waals surface area contributed by atoms with Gasteiger partial charge >= 0.3 is 5.97 Å². The SMILES string of the molecule is CCOC(=O)C(C)(C)C(=O)CN1CCS(=O)CC1. The molecule has 1 aliphatic rings. The lowest BCUT2D eigenvalue weighted by molar-refractivity contribution is -0.158. The number of rotatable bonds is 5. The van der Waals surface area contributed by atoms with Crippen LogP contribution in [0.4, 0.5) is 0 Å². The second kappa shape index (κ2) is 6.43. The number of nitrogens with zero attached hydrogens (tertiary/aromatic N) is 1.